The molecule has 144 valence electrons. The van der Waals surface area contributed by atoms with Crippen LogP contribution in [0.4, 0.5) is 5.69 Å². The van der Waals surface area contributed by atoms with E-state index in [2.05, 4.69) is 10.0 Å². The largest absolute Gasteiger partial charge is 0.332 e. The minimum Gasteiger partial charge on any atom is -0.332 e. The van der Waals surface area contributed by atoms with Crippen molar-refractivity contribution in [1.29, 1.82) is 0 Å². The number of rotatable bonds is 7. The van der Waals surface area contributed by atoms with Gasteiger partial charge in [0.2, 0.25) is 15.9 Å². The zero-order chi connectivity index (χ0) is 20.0. The quantitative estimate of drug-likeness (QED) is 0.757. The number of amides is 2. The van der Waals surface area contributed by atoms with E-state index in [4.69, 9.17) is 0 Å². The number of nitrogens with one attached hydrogen (secondary N) is 2. The summed E-state index contributed by atoms with van der Waals surface area (Å²) in [7, 11) is -2.17. The average Bonchev–Trinajstić information content (AvgIpc) is 2.62. The van der Waals surface area contributed by atoms with Crippen LogP contribution < -0.4 is 10.0 Å². The summed E-state index contributed by atoms with van der Waals surface area (Å²) < 4.78 is 26.7. The second-order valence-electron chi connectivity index (χ2n) is 6.05. The van der Waals surface area contributed by atoms with E-state index in [1.54, 1.807) is 44.2 Å². The molecule has 0 aliphatic carbocycles. The van der Waals surface area contributed by atoms with Gasteiger partial charge < -0.3 is 10.2 Å². The van der Waals surface area contributed by atoms with Crippen molar-refractivity contribution in [3.05, 3.63) is 59.7 Å². The normalized spacial score (nSPS) is 11.1. The SMILES string of the molecule is CCNS(=O)(=O)c1ccc(C)c(C(=O)N(C)CC(=O)Nc2ccccc2)c1. The summed E-state index contributed by atoms with van der Waals surface area (Å²) >= 11 is 0. The molecule has 2 amide bonds. The van der Waals surface area contributed by atoms with Crippen LogP contribution in [0.15, 0.2) is 53.4 Å². The molecule has 0 fully saturated rings. The van der Waals surface area contributed by atoms with Crippen LogP contribution >= 0.6 is 0 Å². The average molecular weight is 389 g/mol. The van der Waals surface area contributed by atoms with E-state index in [9.17, 15) is 18.0 Å². The van der Waals surface area contributed by atoms with Crippen LogP contribution in [0.2, 0.25) is 0 Å². The summed E-state index contributed by atoms with van der Waals surface area (Å²) in [4.78, 5) is 26.1. The molecule has 2 N–H and O–H groups in total. The first-order valence-electron chi connectivity index (χ1n) is 8.45. The number of hydrogen-bond donors (Lipinski definition) is 2. The Bertz CT molecular complexity index is 927. The van der Waals surface area contributed by atoms with Gasteiger partial charge in [-0.15, -0.1) is 0 Å². The summed E-state index contributed by atoms with van der Waals surface area (Å²) in [6.07, 6.45) is 0. The molecule has 0 aliphatic heterocycles. The molecule has 0 spiro atoms. The van der Waals surface area contributed by atoms with Crippen LogP contribution in [0, 0.1) is 6.92 Å². The lowest BCUT2D eigenvalue weighted by Gasteiger charge is -2.18. The monoisotopic (exact) mass is 389 g/mol. The molecule has 0 saturated heterocycles. The van der Waals surface area contributed by atoms with Crippen molar-refractivity contribution in [2.75, 3.05) is 25.5 Å². The predicted molar refractivity (Wildman–Crippen MR) is 104 cm³/mol. The lowest BCUT2D eigenvalue weighted by Crippen LogP contribution is -2.35. The van der Waals surface area contributed by atoms with Crippen LogP contribution in [-0.2, 0) is 14.8 Å². The van der Waals surface area contributed by atoms with Crippen LogP contribution in [0.5, 0.6) is 0 Å². The van der Waals surface area contributed by atoms with E-state index in [-0.39, 0.29) is 29.5 Å². The molecule has 2 rings (SSSR count). The molecule has 27 heavy (non-hydrogen) atoms. The highest BCUT2D eigenvalue weighted by atomic mass is 32.2. The van der Waals surface area contributed by atoms with Crippen LogP contribution in [0.1, 0.15) is 22.8 Å². The van der Waals surface area contributed by atoms with Crippen LogP contribution in [0.25, 0.3) is 0 Å². The predicted octanol–water partition coefficient (Wildman–Crippen LogP) is 2.00. The van der Waals surface area contributed by atoms with Gasteiger partial charge in [-0.1, -0.05) is 31.2 Å². The number of para-hydroxylation sites is 1. The van der Waals surface area contributed by atoms with Crippen molar-refractivity contribution in [3.8, 4) is 0 Å². The van der Waals surface area contributed by atoms with Gasteiger partial charge in [0.25, 0.3) is 5.91 Å². The van der Waals surface area contributed by atoms with Crippen molar-refractivity contribution < 1.29 is 18.0 Å². The van der Waals surface area contributed by atoms with E-state index in [1.807, 2.05) is 6.07 Å². The highest BCUT2D eigenvalue weighted by molar-refractivity contribution is 7.89. The Hall–Kier alpha value is -2.71. The van der Waals surface area contributed by atoms with Crippen LogP contribution in [0.3, 0.4) is 0 Å². The molecule has 7 nitrogen and oxygen atoms in total. The molecule has 0 aliphatic rings. The number of carbonyl (C=O) groups is 2. The maximum Gasteiger partial charge on any atom is 0.254 e. The van der Waals surface area contributed by atoms with E-state index in [0.29, 0.717) is 11.3 Å². The van der Waals surface area contributed by atoms with Gasteiger partial charge in [0, 0.05) is 24.8 Å². The third-order valence-electron chi connectivity index (χ3n) is 3.87. The maximum atomic E-state index is 12.7. The first kappa shape index (κ1) is 20.6. The van der Waals surface area contributed by atoms with Gasteiger partial charge in [-0.2, -0.15) is 0 Å². The maximum absolute atomic E-state index is 12.7. The van der Waals surface area contributed by atoms with Gasteiger partial charge >= 0.3 is 0 Å². The van der Waals surface area contributed by atoms with Gasteiger partial charge in [0.05, 0.1) is 11.4 Å². The third kappa shape index (κ3) is 5.38. The fourth-order valence-corrected chi connectivity index (χ4v) is 3.55. The van der Waals surface area contributed by atoms with E-state index in [0.717, 1.165) is 0 Å². The van der Waals surface area contributed by atoms with Gasteiger partial charge in [0.1, 0.15) is 0 Å². The molecular weight excluding hydrogens is 366 g/mol. The number of aryl methyl sites for hydroxylation is 1. The Kier molecular flexibility index (Phi) is 6.70. The fourth-order valence-electron chi connectivity index (χ4n) is 2.49. The van der Waals surface area contributed by atoms with Crippen molar-refractivity contribution >= 4 is 27.5 Å². The van der Waals surface area contributed by atoms with E-state index in [1.165, 1.54) is 24.1 Å². The highest BCUT2D eigenvalue weighted by Gasteiger charge is 2.20. The molecule has 0 bridgehead atoms. The lowest BCUT2D eigenvalue weighted by molar-refractivity contribution is -0.116. The lowest BCUT2D eigenvalue weighted by atomic mass is 10.1. The van der Waals surface area contributed by atoms with Gasteiger partial charge in [-0.05, 0) is 36.8 Å². The van der Waals surface area contributed by atoms with E-state index >= 15 is 0 Å². The summed E-state index contributed by atoms with van der Waals surface area (Å²) in [5, 5.41) is 2.71. The van der Waals surface area contributed by atoms with Crippen molar-refractivity contribution in [1.82, 2.24) is 9.62 Å². The zero-order valence-electron chi connectivity index (χ0n) is 15.5. The summed E-state index contributed by atoms with van der Waals surface area (Å²) in [5.41, 5.74) is 1.51. The Morgan fingerprint density at radius 2 is 1.74 bits per heavy atom. The molecule has 8 heteroatoms. The number of carbonyl (C=O) groups excluding carboxylic acids is 2. The second-order valence-corrected chi connectivity index (χ2v) is 7.82. The fraction of sp³-hybridized carbons (Fsp3) is 0.263. The minimum atomic E-state index is -3.67. The molecule has 0 heterocycles. The topological polar surface area (TPSA) is 95.6 Å². The number of nitrogens with zero attached hydrogens (tertiary/aromatic N) is 1. The second kappa shape index (κ2) is 8.79. The Balaban J connectivity index is 2.15. The van der Waals surface area contributed by atoms with Gasteiger partial charge in [0.15, 0.2) is 0 Å². The van der Waals surface area contributed by atoms with Gasteiger partial charge in [-0.3, -0.25) is 9.59 Å². The van der Waals surface area contributed by atoms with E-state index < -0.39 is 15.9 Å². The summed E-state index contributed by atoms with van der Waals surface area (Å²) in [6.45, 7) is 3.49. The third-order valence-corrected chi connectivity index (χ3v) is 5.41. The molecular formula is C19H23N3O4S. The number of hydrogen-bond acceptors (Lipinski definition) is 4. The summed E-state index contributed by atoms with van der Waals surface area (Å²) in [5.74, 6) is -0.768. The molecule has 0 atom stereocenters. The molecule has 0 unspecified atom stereocenters. The first-order valence-corrected chi connectivity index (χ1v) is 9.93. The standard InChI is InChI=1S/C19H23N3O4S/c1-4-20-27(25,26)16-11-10-14(2)17(12-16)19(24)22(3)13-18(23)21-15-8-6-5-7-9-15/h5-12,20H,4,13H2,1-3H3,(H,21,23). The molecule has 2 aromatic rings. The van der Waals surface area contributed by atoms with Gasteiger partial charge in [-0.25, -0.2) is 13.1 Å². The number of benzene rings is 2. The zero-order valence-corrected chi connectivity index (χ0v) is 16.3. The molecule has 0 saturated carbocycles. The van der Waals surface area contributed by atoms with Crippen LogP contribution in [-0.4, -0.2) is 45.3 Å². The molecule has 0 radical (unpaired) electrons. The van der Waals surface area contributed by atoms with Crippen molar-refractivity contribution in [2.24, 2.45) is 0 Å². The van der Waals surface area contributed by atoms with Crippen molar-refractivity contribution in [3.63, 3.8) is 0 Å². The Morgan fingerprint density at radius 1 is 1.07 bits per heavy atom. The number of likely N-dealkylation sites (N-methyl/N-ethyl adjacent to an activating group) is 1. The molecule has 2 aromatic carbocycles. The number of sulfonamides is 1. The smallest absolute Gasteiger partial charge is 0.254 e. The Morgan fingerprint density at radius 3 is 2.37 bits per heavy atom. The van der Waals surface area contributed by atoms with Crippen molar-refractivity contribution in [2.45, 2.75) is 18.7 Å². The number of anilines is 1. The highest BCUT2D eigenvalue weighted by Crippen LogP contribution is 2.17. The minimum absolute atomic E-state index is 0.0143. The Labute approximate surface area is 159 Å². The molecule has 0 aromatic heterocycles. The first-order chi connectivity index (χ1) is 12.7. The summed E-state index contributed by atoms with van der Waals surface area (Å²) in [6, 6.07) is 13.3.